The second-order valence-corrected chi connectivity index (χ2v) is 1.98. The van der Waals surface area contributed by atoms with Crippen molar-refractivity contribution in [2.24, 2.45) is 5.16 Å². The van der Waals surface area contributed by atoms with E-state index in [1.54, 1.807) is 17.6 Å². The average molecular weight is 128 g/mol. The van der Waals surface area contributed by atoms with E-state index in [1.807, 2.05) is 0 Å². The van der Waals surface area contributed by atoms with Crippen LogP contribution in [-0.4, -0.2) is 10.2 Å². The van der Waals surface area contributed by atoms with Gasteiger partial charge in [-0.2, -0.15) is 0 Å². The summed E-state index contributed by atoms with van der Waals surface area (Å²) in [5.41, 5.74) is 0. The first-order valence-electron chi connectivity index (χ1n) is 2.01. The summed E-state index contributed by atoms with van der Waals surface area (Å²) in [6, 6.07) is 1.78. The van der Waals surface area contributed by atoms with Gasteiger partial charge in [0.2, 0.25) is 4.80 Å². The summed E-state index contributed by atoms with van der Waals surface area (Å²) in [5.74, 6) is 0. The lowest BCUT2D eigenvalue weighted by molar-refractivity contribution is 0.301. The van der Waals surface area contributed by atoms with Crippen LogP contribution in [0.4, 0.5) is 0 Å². The van der Waals surface area contributed by atoms with E-state index in [2.05, 4.69) is 10.1 Å². The molecule has 0 spiro atoms. The molecule has 1 aromatic rings. The first-order valence-corrected chi connectivity index (χ1v) is 2.89. The van der Waals surface area contributed by atoms with Gasteiger partial charge >= 0.3 is 0 Å². The van der Waals surface area contributed by atoms with Crippen LogP contribution in [0.3, 0.4) is 0 Å². The second kappa shape index (κ2) is 2.42. The summed E-state index contributed by atoms with van der Waals surface area (Å²) in [4.78, 5) is 4.08. The van der Waals surface area contributed by atoms with E-state index in [0.29, 0.717) is 4.80 Å². The molecule has 0 amide bonds. The molecule has 0 unspecified atom stereocenters. The third kappa shape index (κ3) is 1.04. The highest BCUT2D eigenvalue weighted by Gasteiger charge is 1.74. The monoisotopic (exact) mass is 128 g/mol. The number of aromatic nitrogens is 1. The summed E-state index contributed by atoms with van der Waals surface area (Å²) in [7, 11) is 0. The minimum absolute atomic E-state index is 0.382. The molecule has 0 saturated heterocycles. The molecule has 8 heavy (non-hydrogen) atoms. The average Bonchev–Trinajstić information content (AvgIpc) is 1.90. The standard InChI is InChI=1S/C4H4N2OS/c7-6-4-5-2-1-3-8-4/h1-3,7H. The fourth-order valence-corrected chi connectivity index (χ4v) is 0.761. The molecule has 0 fully saturated rings. The molecule has 0 aliphatic heterocycles. The van der Waals surface area contributed by atoms with Gasteiger partial charge in [0.05, 0.1) is 0 Å². The quantitative estimate of drug-likeness (QED) is 0.407. The summed E-state index contributed by atoms with van der Waals surface area (Å²) in [6.07, 6.45) is 1.57. The highest BCUT2D eigenvalue weighted by molar-refractivity contribution is 7.06. The van der Waals surface area contributed by atoms with Crippen LogP contribution < -0.4 is 4.80 Å². The molecule has 0 saturated carbocycles. The third-order valence-corrected chi connectivity index (χ3v) is 1.30. The van der Waals surface area contributed by atoms with E-state index >= 15 is 0 Å². The molecular weight excluding hydrogens is 124 g/mol. The Morgan fingerprint density at radius 1 is 1.75 bits per heavy atom. The van der Waals surface area contributed by atoms with E-state index in [0.717, 1.165) is 0 Å². The van der Waals surface area contributed by atoms with Crippen LogP contribution in [0.1, 0.15) is 0 Å². The largest absolute Gasteiger partial charge is 0.408 e. The maximum Gasteiger partial charge on any atom is 0.246 e. The van der Waals surface area contributed by atoms with E-state index in [9.17, 15) is 0 Å². The van der Waals surface area contributed by atoms with Crippen molar-refractivity contribution < 1.29 is 5.21 Å². The molecule has 0 radical (unpaired) electrons. The van der Waals surface area contributed by atoms with Gasteiger partial charge in [0.15, 0.2) is 0 Å². The lowest BCUT2D eigenvalue weighted by Crippen LogP contribution is -1.98. The molecule has 1 N–H and O–H groups in total. The van der Waals surface area contributed by atoms with Crippen LogP contribution in [0, 0.1) is 0 Å². The summed E-state index contributed by atoms with van der Waals surface area (Å²) >= 11 is 1.28. The molecule has 1 rings (SSSR count). The number of hydrogen-bond donors (Lipinski definition) is 1. The van der Waals surface area contributed by atoms with Gasteiger partial charge in [-0.15, -0.1) is 11.3 Å². The fraction of sp³-hybridized carbons (Fsp3) is 0. The highest BCUT2D eigenvalue weighted by atomic mass is 32.1. The Kier molecular flexibility index (Phi) is 1.58. The molecule has 42 valence electrons. The van der Waals surface area contributed by atoms with Gasteiger partial charge in [-0.05, 0) is 11.4 Å². The highest BCUT2D eigenvalue weighted by Crippen LogP contribution is 1.79. The van der Waals surface area contributed by atoms with Crippen molar-refractivity contribution in [2.45, 2.75) is 0 Å². The zero-order chi connectivity index (χ0) is 5.82. The van der Waals surface area contributed by atoms with Crippen LogP contribution in [0.15, 0.2) is 22.8 Å². The number of rotatable bonds is 0. The fourth-order valence-electron chi connectivity index (χ4n) is 0.322. The maximum atomic E-state index is 8.11. The lowest BCUT2D eigenvalue weighted by atomic mass is 10.8. The number of hydrogen-bond acceptors (Lipinski definition) is 4. The lowest BCUT2D eigenvalue weighted by Gasteiger charge is -1.75. The zero-order valence-electron chi connectivity index (χ0n) is 3.98. The molecule has 0 aliphatic rings. The van der Waals surface area contributed by atoms with Crippen LogP contribution in [-0.2, 0) is 0 Å². The first-order chi connectivity index (χ1) is 3.93. The van der Waals surface area contributed by atoms with Crippen LogP contribution in [0.25, 0.3) is 0 Å². The van der Waals surface area contributed by atoms with Crippen molar-refractivity contribution in [1.82, 2.24) is 4.98 Å². The number of nitrogens with zero attached hydrogens (tertiary/aromatic N) is 2. The van der Waals surface area contributed by atoms with E-state index in [1.165, 1.54) is 11.3 Å². The van der Waals surface area contributed by atoms with Crippen molar-refractivity contribution in [3.63, 3.8) is 0 Å². The van der Waals surface area contributed by atoms with E-state index in [-0.39, 0.29) is 0 Å². The molecule has 4 heteroatoms. The molecule has 0 aliphatic carbocycles. The van der Waals surface area contributed by atoms with Crippen LogP contribution in [0.2, 0.25) is 0 Å². The van der Waals surface area contributed by atoms with Crippen molar-refractivity contribution in [2.75, 3.05) is 0 Å². The van der Waals surface area contributed by atoms with Crippen molar-refractivity contribution in [1.29, 1.82) is 0 Å². The summed E-state index contributed by atoms with van der Waals surface area (Å²) in [6.45, 7) is 0. The van der Waals surface area contributed by atoms with Crippen molar-refractivity contribution in [3.05, 3.63) is 22.4 Å². The van der Waals surface area contributed by atoms with Gasteiger partial charge in [-0.3, -0.25) is 0 Å². The predicted molar refractivity (Wildman–Crippen MR) is 29.5 cm³/mol. The predicted octanol–water partition coefficient (Wildman–Crippen LogP) is 0.433. The molecule has 0 atom stereocenters. The van der Waals surface area contributed by atoms with Gasteiger partial charge in [0.25, 0.3) is 0 Å². The van der Waals surface area contributed by atoms with Crippen LogP contribution in [0.5, 0.6) is 0 Å². The van der Waals surface area contributed by atoms with Crippen molar-refractivity contribution >= 4 is 11.3 Å². The van der Waals surface area contributed by atoms with Gasteiger partial charge < -0.3 is 5.21 Å². The third-order valence-electron chi connectivity index (χ3n) is 0.609. The Morgan fingerprint density at radius 2 is 2.62 bits per heavy atom. The first kappa shape index (κ1) is 5.24. The van der Waals surface area contributed by atoms with Gasteiger partial charge in [0, 0.05) is 6.20 Å². The van der Waals surface area contributed by atoms with Crippen molar-refractivity contribution in [3.8, 4) is 0 Å². The minimum atomic E-state index is 0.382. The minimum Gasteiger partial charge on any atom is -0.408 e. The molecular formula is C4H4N2OS. The molecule has 1 heterocycles. The summed E-state index contributed by atoms with van der Waals surface area (Å²) in [5, 5.41) is 12.8. The van der Waals surface area contributed by atoms with Gasteiger partial charge in [-0.1, -0.05) is 5.16 Å². The molecule has 1 aromatic heterocycles. The van der Waals surface area contributed by atoms with Gasteiger partial charge in [-0.25, -0.2) is 4.98 Å². The molecule has 3 nitrogen and oxygen atoms in total. The Labute approximate surface area is 49.9 Å². The second-order valence-electron chi connectivity index (χ2n) is 1.11. The topological polar surface area (TPSA) is 45.5 Å². The van der Waals surface area contributed by atoms with Gasteiger partial charge in [0.1, 0.15) is 0 Å². The van der Waals surface area contributed by atoms with E-state index < -0.39 is 0 Å². The Hall–Kier alpha value is -0.900. The van der Waals surface area contributed by atoms with Crippen LogP contribution >= 0.6 is 11.3 Å². The van der Waals surface area contributed by atoms with E-state index in [4.69, 9.17) is 5.21 Å². The molecule has 0 aromatic carbocycles. The zero-order valence-corrected chi connectivity index (χ0v) is 4.80. The summed E-state index contributed by atoms with van der Waals surface area (Å²) < 4.78 is 0. The normalized spacial score (nSPS) is 11.8. The Morgan fingerprint density at radius 3 is 3.00 bits per heavy atom. The Balaban J connectivity index is 3.20. The molecule has 0 bridgehead atoms. The maximum absolute atomic E-state index is 8.11. The Bertz CT molecular complexity index is 202. The smallest absolute Gasteiger partial charge is 0.246 e. The SMILES string of the molecule is ON=c1ncccs1.